The summed E-state index contributed by atoms with van der Waals surface area (Å²) in [6.07, 6.45) is 3.72. The van der Waals surface area contributed by atoms with E-state index in [1.54, 1.807) is 6.08 Å². The lowest BCUT2D eigenvalue weighted by Crippen LogP contribution is -1.61. The summed E-state index contributed by atoms with van der Waals surface area (Å²) in [4.78, 5) is 8.05. The van der Waals surface area contributed by atoms with Gasteiger partial charge in [-0.3, -0.25) is 0 Å². The summed E-state index contributed by atoms with van der Waals surface area (Å²) >= 11 is 0. The largest absolute Gasteiger partial charge is 0.435 e. The topological polar surface area (TPSA) is 46.5 Å². The van der Waals surface area contributed by atoms with Crippen LogP contribution in [-0.2, 0) is 9.09 Å². The first-order valence-electron chi connectivity index (χ1n) is 2.32. The molecule has 0 rings (SSSR count). The van der Waals surface area contributed by atoms with Gasteiger partial charge in [-0.1, -0.05) is 6.92 Å². The molecule has 0 saturated carbocycles. The van der Waals surface area contributed by atoms with E-state index in [9.17, 15) is 4.57 Å². The maximum atomic E-state index is 9.79. The molecule has 0 aromatic rings. The van der Waals surface area contributed by atoms with Crippen molar-refractivity contribution in [3.63, 3.8) is 0 Å². The monoisotopic (exact) mass is 136 g/mol. The van der Waals surface area contributed by atoms with Crippen molar-refractivity contribution in [2.24, 2.45) is 0 Å². The van der Waals surface area contributed by atoms with Crippen LogP contribution in [0.2, 0.25) is 0 Å². The van der Waals surface area contributed by atoms with Crippen LogP contribution in [0.1, 0.15) is 13.3 Å². The van der Waals surface area contributed by atoms with Crippen LogP contribution in [-0.4, -0.2) is 4.89 Å². The first kappa shape index (κ1) is 7.73. The van der Waals surface area contributed by atoms with Crippen molar-refractivity contribution >= 4 is 8.25 Å². The van der Waals surface area contributed by atoms with Crippen molar-refractivity contribution in [1.82, 2.24) is 0 Å². The molecule has 1 unspecified atom stereocenters. The van der Waals surface area contributed by atoms with Crippen LogP contribution in [0.25, 0.3) is 0 Å². The minimum Gasteiger partial charge on any atom is -0.435 e. The molecule has 0 aromatic carbocycles. The third-order valence-electron chi connectivity index (χ3n) is 0.501. The normalized spacial score (nSPS) is 14.2. The van der Waals surface area contributed by atoms with E-state index in [0.717, 1.165) is 6.42 Å². The van der Waals surface area contributed by atoms with Crippen LogP contribution in [0.4, 0.5) is 0 Å². The summed E-state index contributed by atoms with van der Waals surface area (Å²) in [6, 6.07) is 0. The van der Waals surface area contributed by atoms with Crippen molar-refractivity contribution in [3.8, 4) is 0 Å². The van der Waals surface area contributed by atoms with Gasteiger partial charge in [0, 0.05) is 0 Å². The van der Waals surface area contributed by atoms with Crippen LogP contribution in [0.5, 0.6) is 0 Å². The number of rotatable bonds is 3. The minimum atomic E-state index is -2.74. The smallest absolute Gasteiger partial charge is 0.364 e. The van der Waals surface area contributed by atoms with Gasteiger partial charge in [0.15, 0.2) is 0 Å². The van der Waals surface area contributed by atoms with Gasteiger partial charge >= 0.3 is 8.25 Å². The SMILES string of the molecule is CCC=CO[PH](=O)O. The minimum absolute atomic E-state index is 0.815. The highest BCUT2D eigenvalue weighted by atomic mass is 31.1. The van der Waals surface area contributed by atoms with Gasteiger partial charge in [-0.05, 0) is 12.5 Å². The van der Waals surface area contributed by atoms with Crippen LogP contribution in [0.3, 0.4) is 0 Å². The molecule has 0 aromatic heterocycles. The highest BCUT2D eigenvalue weighted by molar-refractivity contribution is 7.32. The second-order valence-electron chi connectivity index (χ2n) is 1.16. The van der Waals surface area contributed by atoms with Crippen LogP contribution in [0.15, 0.2) is 12.3 Å². The van der Waals surface area contributed by atoms with Gasteiger partial charge in [0.2, 0.25) is 0 Å². The molecule has 0 bridgehead atoms. The van der Waals surface area contributed by atoms with E-state index in [2.05, 4.69) is 4.52 Å². The molecule has 48 valence electrons. The van der Waals surface area contributed by atoms with Gasteiger partial charge in [0.25, 0.3) is 0 Å². The fourth-order valence-electron chi connectivity index (χ4n) is 0.203. The standard InChI is InChI=1S/C4H9O3P/c1-2-3-4-7-8(5)6/h3-4,8H,2H2,1H3,(H,5,6). The Bertz CT molecular complexity index is 99.5. The molecule has 0 aliphatic heterocycles. The van der Waals surface area contributed by atoms with Crippen molar-refractivity contribution < 1.29 is 14.0 Å². The van der Waals surface area contributed by atoms with Crippen molar-refractivity contribution in [2.75, 3.05) is 0 Å². The molecule has 0 spiro atoms. The van der Waals surface area contributed by atoms with E-state index in [-0.39, 0.29) is 0 Å². The van der Waals surface area contributed by atoms with Gasteiger partial charge in [-0.2, -0.15) is 0 Å². The first-order valence-corrected chi connectivity index (χ1v) is 3.58. The van der Waals surface area contributed by atoms with Gasteiger partial charge in [-0.25, -0.2) is 4.57 Å². The summed E-state index contributed by atoms with van der Waals surface area (Å²) in [6.45, 7) is 1.91. The average Bonchev–Trinajstić information content (AvgIpc) is 1.66. The molecular formula is C4H9O3P. The molecule has 0 heterocycles. The van der Waals surface area contributed by atoms with Gasteiger partial charge in [0.1, 0.15) is 0 Å². The van der Waals surface area contributed by atoms with E-state index in [4.69, 9.17) is 4.89 Å². The van der Waals surface area contributed by atoms with Crippen LogP contribution >= 0.6 is 8.25 Å². The molecule has 3 nitrogen and oxygen atoms in total. The lowest BCUT2D eigenvalue weighted by Gasteiger charge is -1.88. The Morgan fingerprint density at radius 2 is 2.50 bits per heavy atom. The predicted molar refractivity (Wildman–Crippen MR) is 31.7 cm³/mol. The van der Waals surface area contributed by atoms with Crippen molar-refractivity contribution in [3.05, 3.63) is 12.3 Å². The van der Waals surface area contributed by atoms with Crippen molar-refractivity contribution in [2.45, 2.75) is 13.3 Å². The second-order valence-corrected chi connectivity index (χ2v) is 1.93. The Labute approximate surface area is 48.9 Å². The Morgan fingerprint density at radius 1 is 1.88 bits per heavy atom. The number of hydrogen-bond acceptors (Lipinski definition) is 2. The average molecular weight is 136 g/mol. The Morgan fingerprint density at radius 3 is 2.88 bits per heavy atom. The van der Waals surface area contributed by atoms with Gasteiger partial charge in [-0.15, -0.1) is 0 Å². The maximum absolute atomic E-state index is 9.79. The fourth-order valence-corrected chi connectivity index (χ4v) is 0.415. The third kappa shape index (κ3) is 5.73. The fraction of sp³-hybridized carbons (Fsp3) is 0.500. The molecule has 0 aliphatic rings. The molecular weight excluding hydrogens is 127 g/mol. The number of allylic oxidation sites excluding steroid dienone is 1. The van der Waals surface area contributed by atoms with E-state index in [1.807, 2.05) is 6.92 Å². The van der Waals surface area contributed by atoms with E-state index < -0.39 is 8.25 Å². The quantitative estimate of drug-likeness (QED) is 0.470. The first-order chi connectivity index (χ1) is 3.77. The third-order valence-corrected chi connectivity index (χ3v) is 0.839. The summed E-state index contributed by atoms with van der Waals surface area (Å²) in [7, 11) is -2.74. The Hall–Kier alpha value is -0.270. The lowest BCUT2D eigenvalue weighted by atomic mass is 10.5. The van der Waals surface area contributed by atoms with Gasteiger partial charge < -0.3 is 9.42 Å². The van der Waals surface area contributed by atoms with E-state index in [1.165, 1.54) is 6.26 Å². The van der Waals surface area contributed by atoms with E-state index in [0.29, 0.717) is 0 Å². The van der Waals surface area contributed by atoms with Crippen LogP contribution in [0, 0.1) is 0 Å². The zero-order valence-electron chi connectivity index (χ0n) is 4.63. The highest BCUT2D eigenvalue weighted by Crippen LogP contribution is 2.13. The molecule has 0 saturated heterocycles. The second kappa shape index (κ2) is 4.88. The summed E-state index contributed by atoms with van der Waals surface area (Å²) in [5.41, 5.74) is 0. The zero-order chi connectivity index (χ0) is 6.41. The van der Waals surface area contributed by atoms with Crippen LogP contribution < -0.4 is 0 Å². The summed E-state index contributed by atoms with van der Waals surface area (Å²) in [5.74, 6) is 0. The molecule has 8 heavy (non-hydrogen) atoms. The maximum Gasteiger partial charge on any atom is 0.364 e. The summed E-state index contributed by atoms with van der Waals surface area (Å²) in [5, 5.41) is 0. The molecule has 4 heteroatoms. The molecule has 0 radical (unpaired) electrons. The zero-order valence-corrected chi connectivity index (χ0v) is 5.63. The van der Waals surface area contributed by atoms with Crippen molar-refractivity contribution in [1.29, 1.82) is 0 Å². The molecule has 1 atom stereocenters. The highest BCUT2D eigenvalue weighted by Gasteiger charge is 1.79. The molecule has 1 N–H and O–H groups in total. The summed E-state index contributed by atoms with van der Waals surface area (Å²) < 4.78 is 14.0. The number of hydrogen-bond donors (Lipinski definition) is 1. The molecule has 0 amide bonds. The molecule has 0 aliphatic carbocycles. The molecule has 0 fully saturated rings. The lowest BCUT2D eigenvalue weighted by molar-refractivity contribution is 0.377. The van der Waals surface area contributed by atoms with Gasteiger partial charge in [0.05, 0.1) is 6.26 Å². The van der Waals surface area contributed by atoms with E-state index >= 15 is 0 Å². The predicted octanol–water partition coefficient (Wildman–Crippen LogP) is 1.31. The Balaban J connectivity index is 3.16. The Kier molecular flexibility index (Phi) is 4.71.